The van der Waals surface area contributed by atoms with Crippen LogP contribution >= 0.6 is 0 Å². The number of benzene rings is 3. The standard InChI is InChI=1S/C22H23N.CHF3O3S/c1-22(2,3)18-14-16-21(17-15-18)23(19-10-6-4-7-11-19)20-12-8-5-9-13-20;2-1(3,4)8(5,6)7/h4-17H,1-3H3;(H,5,6,7). The summed E-state index contributed by atoms with van der Waals surface area (Å²) in [4.78, 5) is 2.28. The molecule has 3 aromatic carbocycles. The third-order valence-corrected chi connectivity index (χ3v) is 4.90. The molecule has 0 atom stereocenters. The smallest absolute Gasteiger partial charge is 0.311 e. The highest BCUT2D eigenvalue weighted by Gasteiger charge is 2.44. The lowest BCUT2D eigenvalue weighted by atomic mass is 9.87. The maximum Gasteiger partial charge on any atom is 0.522 e. The molecule has 0 bridgehead atoms. The molecular formula is C23H24F3NO3S. The number of alkyl halides is 3. The summed E-state index contributed by atoms with van der Waals surface area (Å²) in [5.41, 5.74) is -0.502. The first kappa shape index (κ1) is 24.4. The van der Waals surface area contributed by atoms with Gasteiger partial charge in [-0.15, -0.1) is 0 Å². The zero-order valence-electron chi connectivity index (χ0n) is 17.3. The van der Waals surface area contributed by atoms with Crippen LogP contribution < -0.4 is 4.90 Å². The molecule has 3 rings (SSSR count). The third kappa shape index (κ3) is 6.83. The monoisotopic (exact) mass is 451 g/mol. The van der Waals surface area contributed by atoms with Gasteiger partial charge < -0.3 is 4.90 Å². The summed E-state index contributed by atoms with van der Waals surface area (Å²) in [7, 11) is -5.84. The average molecular weight is 452 g/mol. The van der Waals surface area contributed by atoms with Crippen LogP contribution in [0.3, 0.4) is 0 Å². The SMILES string of the molecule is CC(C)(C)c1ccc(N(c2ccccc2)c2ccccc2)cc1.O=S(=O)(O)C(F)(F)F. The van der Waals surface area contributed by atoms with E-state index in [-0.39, 0.29) is 5.41 Å². The summed E-state index contributed by atoms with van der Waals surface area (Å²) in [5, 5.41) is 0. The van der Waals surface area contributed by atoms with E-state index >= 15 is 0 Å². The zero-order chi connectivity index (χ0) is 23.3. The molecule has 0 aliphatic carbocycles. The number of halogens is 3. The molecule has 0 spiro atoms. The van der Waals surface area contributed by atoms with Gasteiger partial charge in [0.25, 0.3) is 0 Å². The number of anilines is 3. The van der Waals surface area contributed by atoms with Gasteiger partial charge in [-0.1, -0.05) is 69.3 Å². The first-order valence-electron chi connectivity index (χ1n) is 9.35. The summed E-state index contributed by atoms with van der Waals surface area (Å²) < 4.78 is 57.5. The summed E-state index contributed by atoms with van der Waals surface area (Å²) >= 11 is 0. The molecule has 0 aromatic heterocycles. The second-order valence-electron chi connectivity index (χ2n) is 7.72. The maximum absolute atomic E-state index is 10.7. The lowest BCUT2D eigenvalue weighted by molar-refractivity contribution is -0.0510. The van der Waals surface area contributed by atoms with Crippen LogP contribution in [0.5, 0.6) is 0 Å². The van der Waals surface area contributed by atoms with Crippen LogP contribution in [-0.2, 0) is 15.5 Å². The lowest BCUT2D eigenvalue weighted by Gasteiger charge is -2.26. The van der Waals surface area contributed by atoms with Gasteiger partial charge in [0.05, 0.1) is 0 Å². The van der Waals surface area contributed by atoms with Gasteiger partial charge in [0.15, 0.2) is 0 Å². The van der Waals surface area contributed by atoms with Crippen LogP contribution in [0.4, 0.5) is 30.2 Å². The predicted octanol–water partition coefficient (Wildman–Crippen LogP) is 6.85. The van der Waals surface area contributed by atoms with E-state index in [1.807, 2.05) is 0 Å². The molecule has 1 N–H and O–H groups in total. The van der Waals surface area contributed by atoms with Crippen LogP contribution in [-0.4, -0.2) is 18.5 Å². The van der Waals surface area contributed by atoms with Crippen molar-refractivity contribution in [2.45, 2.75) is 31.7 Å². The first-order valence-corrected chi connectivity index (χ1v) is 10.8. The van der Waals surface area contributed by atoms with Crippen molar-refractivity contribution < 1.29 is 26.1 Å². The molecule has 0 saturated heterocycles. The summed E-state index contributed by atoms with van der Waals surface area (Å²) in [6, 6.07) is 29.9. The van der Waals surface area contributed by atoms with Crippen LogP contribution in [0.2, 0.25) is 0 Å². The van der Waals surface area contributed by atoms with Crippen LogP contribution in [0.25, 0.3) is 0 Å². The summed E-state index contributed by atoms with van der Waals surface area (Å²) in [6.45, 7) is 6.73. The van der Waals surface area contributed by atoms with E-state index in [1.165, 1.54) is 22.6 Å². The van der Waals surface area contributed by atoms with Gasteiger partial charge in [-0.2, -0.15) is 21.6 Å². The van der Waals surface area contributed by atoms with E-state index in [0.29, 0.717) is 0 Å². The number of hydrogen-bond donors (Lipinski definition) is 1. The van der Waals surface area contributed by atoms with Crippen molar-refractivity contribution in [3.63, 3.8) is 0 Å². The average Bonchev–Trinajstić information content (AvgIpc) is 2.69. The fraction of sp³-hybridized carbons (Fsp3) is 0.217. The highest BCUT2D eigenvalue weighted by Crippen LogP contribution is 2.35. The highest BCUT2D eigenvalue weighted by atomic mass is 32.2. The second-order valence-corrected chi connectivity index (χ2v) is 9.14. The molecule has 8 heteroatoms. The van der Waals surface area contributed by atoms with Crippen LogP contribution in [0.1, 0.15) is 26.3 Å². The zero-order valence-corrected chi connectivity index (χ0v) is 18.2. The number of nitrogens with zero attached hydrogens (tertiary/aromatic N) is 1. The fourth-order valence-electron chi connectivity index (χ4n) is 2.71. The molecular weight excluding hydrogens is 427 g/mol. The minimum Gasteiger partial charge on any atom is -0.311 e. The topological polar surface area (TPSA) is 57.6 Å². The molecule has 0 aliphatic rings. The molecule has 0 unspecified atom stereocenters. The Labute approximate surface area is 180 Å². The molecule has 31 heavy (non-hydrogen) atoms. The number of rotatable bonds is 3. The van der Waals surface area contributed by atoms with Crippen LogP contribution in [0, 0.1) is 0 Å². The van der Waals surface area contributed by atoms with E-state index in [4.69, 9.17) is 13.0 Å². The first-order chi connectivity index (χ1) is 14.3. The summed E-state index contributed by atoms with van der Waals surface area (Å²) in [5.74, 6) is 0. The van der Waals surface area contributed by atoms with Crippen molar-refractivity contribution in [1.29, 1.82) is 0 Å². The largest absolute Gasteiger partial charge is 0.522 e. The van der Waals surface area contributed by atoms with Crippen molar-refractivity contribution in [2.75, 3.05) is 4.90 Å². The quantitative estimate of drug-likeness (QED) is 0.350. The third-order valence-electron chi connectivity index (χ3n) is 4.31. The molecule has 0 fully saturated rings. The molecule has 166 valence electrons. The summed E-state index contributed by atoms with van der Waals surface area (Å²) in [6.07, 6.45) is 0. The van der Waals surface area contributed by atoms with Crippen LogP contribution in [0.15, 0.2) is 84.9 Å². The van der Waals surface area contributed by atoms with E-state index < -0.39 is 15.6 Å². The Morgan fingerprint density at radius 3 is 1.29 bits per heavy atom. The highest BCUT2D eigenvalue weighted by molar-refractivity contribution is 7.86. The van der Waals surface area contributed by atoms with E-state index in [1.54, 1.807) is 0 Å². The van der Waals surface area contributed by atoms with Gasteiger partial charge in [0.2, 0.25) is 0 Å². The second kappa shape index (κ2) is 9.53. The molecule has 3 aromatic rings. The Balaban J connectivity index is 0.000000366. The molecule has 0 aliphatic heterocycles. The Bertz CT molecular complexity index is 1020. The van der Waals surface area contributed by atoms with Gasteiger partial charge in [0, 0.05) is 17.1 Å². The Morgan fingerprint density at radius 2 is 1.00 bits per heavy atom. The van der Waals surface area contributed by atoms with Gasteiger partial charge in [-0.05, 0) is 47.4 Å². The lowest BCUT2D eigenvalue weighted by Crippen LogP contribution is -2.21. The Morgan fingerprint density at radius 1 is 0.677 bits per heavy atom. The maximum atomic E-state index is 10.7. The van der Waals surface area contributed by atoms with Gasteiger partial charge in [-0.25, -0.2) is 0 Å². The number of hydrogen-bond acceptors (Lipinski definition) is 3. The van der Waals surface area contributed by atoms with Gasteiger partial charge in [0.1, 0.15) is 0 Å². The molecule has 0 amide bonds. The number of para-hydroxylation sites is 2. The van der Waals surface area contributed by atoms with Crippen molar-refractivity contribution in [2.24, 2.45) is 0 Å². The Kier molecular flexibility index (Phi) is 7.51. The van der Waals surface area contributed by atoms with Gasteiger partial charge >= 0.3 is 15.6 Å². The van der Waals surface area contributed by atoms with Crippen molar-refractivity contribution in [1.82, 2.24) is 0 Å². The molecule has 0 saturated carbocycles. The van der Waals surface area contributed by atoms with E-state index in [0.717, 1.165) is 0 Å². The minimum absolute atomic E-state index is 0.169. The van der Waals surface area contributed by atoms with E-state index in [2.05, 4.69) is 111 Å². The molecule has 0 radical (unpaired) electrons. The molecule has 4 nitrogen and oxygen atoms in total. The van der Waals surface area contributed by atoms with Gasteiger partial charge in [-0.3, -0.25) is 4.55 Å². The predicted molar refractivity (Wildman–Crippen MR) is 117 cm³/mol. The normalized spacial score (nSPS) is 12.0. The Hall–Kier alpha value is -2.84. The minimum atomic E-state index is -5.84. The van der Waals surface area contributed by atoms with Crippen molar-refractivity contribution >= 4 is 27.2 Å². The van der Waals surface area contributed by atoms with Crippen molar-refractivity contribution in [3.8, 4) is 0 Å². The molecule has 0 heterocycles. The van der Waals surface area contributed by atoms with E-state index in [9.17, 15) is 13.2 Å². The van der Waals surface area contributed by atoms with Crippen molar-refractivity contribution in [3.05, 3.63) is 90.5 Å². The fourth-order valence-corrected chi connectivity index (χ4v) is 2.71.